The van der Waals surface area contributed by atoms with Gasteiger partial charge in [-0.25, -0.2) is 0 Å². The minimum absolute atomic E-state index is 0.0715. The molecule has 0 aliphatic rings. The molecule has 0 fully saturated rings. The maximum Gasteiger partial charge on any atom is 0.387 e. The quantitative estimate of drug-likeness (QED) is 0.595. The van der Waals surface area contributed by atoms with Gasteiger partial charge in [0.2, 0.25) is 11.6 Å². The molecule has 126 valence electrons. The van der Waals surface area contributed by atoms with Gasteiger partial charge < -0.3 is 10.5 Å². The molecule has 0 aromatic heterocycles. The summed E-state index contributed by atoms with van der Waals surface area (Å²) >= 11 is 0. The third kappa shape index (κ3) is 4.70. The molecule has 0 amide bonds. The number of carbonyl (C=O) groups is 2. The molecule has 2 aromatic carbocycles. The van der Waals surface area contributed by atoms with Crippen molar-refractivity contribution in [3.8, 4) is 5.75 Å². The topological polar surface area (TPSA) is 69.4 Å². The second-order valence-corrected chi connectivity index (χ2v) is 5.15. The number of Topliss-reactive ketones (excluding diaryl/α,β-unsaturated/α-hetero) is 2. The van der Waals surface area contributed by atoms with Gasteiger partial charge in [0.25, 0.3) is 0 Å². The van der Waals surface area contributed by atoms with Crippen molar-refractivity contribution in [3.63, 3.8) is 0 Å². The fourth-order valence-corrected chi connectivity index (χ4v) is 2.22. The molecule has 4 nitrogen and oxygen atoms in total. The van der Waals surface area contributed by atoms with Crippen molar-refractivity contribution in [1.82, 2.24) is 0 Å². The fraction of sp³-hybridized carbons (Fsp3) is 0.222. The Bertz CT molecular complexity index is 714. The van der Waals surface area contributed by atoms with Crippen LogP contribution in [-0.4, -0.2) is 24.7 Å². The highest BCUT2D eigenvalue weighted by Gasteiger charge is 2.18. The Morgan fingerprint density at radius 2 is 1.67 bits per heavy atom. The van der Waals surface area contributed by atoms with Crippen LogP contribution in [0, 0.1) is 0 Å². The second-order valence-electron chi connectivity index (χ2n) is 5.15. The van der Waals surface area contributed by atoms with Gasteiger partial charge in [0.05, 0.1) is 0 Å². The molecule has 0 saturated carbocycles. The van der Waals surface area contributed by atoms with Crippen LogP contribution >= 0.6 is 0 Å². The first-order valence-electron chi connectivity index (χ1n) is 7.44. The van der Waals surface area contributed by atoms with Crippen LogP contribution in [-0.2, 0) is 6.42 Å². The number of hydrogen-bond donors (Lipinski definition) is 1. The summed E-state index contributed by atoms with van der Waals surface area (Å²) < 4.78 is 28.4. The van der Waals surface area contributed by atoms with E-state index in [2.05, 4.69) is 4.74 Å². The number of carbonyl (C=O) groups excluding carboxylic acids is 2. The lowest BCUT2D eigenvalue weighted by molar-refractivity contribution is -0.0498. The SMILES string of the molecule is NCCCc1cccc(C(=O)C(=O)c2ccc(OC(F)F)cc2)c1. The van der Waals surface area contributed by atoms with Crippen LogP contribution < -0.4 is 10.5 Å². The minimum Gasteiger partial charge on any atom is -0.435 e. The van der Waals surface area contributed by atoms with Crippen molar-refractivity contribution in [2.45, 2.75) is 19.5 Å². The molecule has 0 saturated heterocycles. The molecule has 0 aliphatic heterocycles. The van der Waals surface area contributed by atoms with E-state index in [0.29, 0.717) is 12.1 Å². The van der Waals surface area contributed by atoms with Crippen LogP contribution in [0.1, 0.15) is 32.7 Å². The number of hydrogen-bond acceptors (Lipinski definition) is 4. The number of ether oxygens (including phenoxy) is 1. The zero-order valence-corrected chi connectivity index (χ0v) is 12.9. The van der Waals surface area contributed by atoms with E-state index in [-0.39, 0.29) is 11.3 Å². The van der Waals surface area contributed by atoms with Crippen molar-refractivity contribution in [2.24, 2.45) is 5.73 Å². The average molecular weight is 333 g/mol. The van der Waals surface area contributed by atoms with Gasteiger partial charge >= 0.3 is 6.61 Å². The van der Waals surface area contributed by atoms with Crippen molar-refractivity contribution in [2.75, 3.05) is 6.54 Å². The van der Waals surface area contributed by atoms with Gasteiger partial charge in [-0.3, -0.25) is 9.59 Å². The average Bonchev–Trinajstić information content (AvgIpc) is 2.59. The van der Waals surface area contributed by atoms with E-state index in [1.54, 1.807) is 18.2 Å². The number of ketones is 2. The van der Waals surface area contributed by atoms with E-state index in [1.807, 2.05) is 6.07 Å². The van der Waals surface area contributed by atoms with E-state index in [1.165, 1.54) is 24.3 Å². The highest BCUT2D eigenvalue weighted by atomic mass is 19.3. The minimum atomic E-state index is -2.94. The molecule has 2 N–H and O–H groups in total. The Morgan fingerprint density at radius 3 is 2.29 bits per heavy atom. The molecular formula is C18H17F2NO3. The zero-order chi connectivity index (χ0) is 17.5. The van der Waals surface area contributed by atoms with E-state index in [4.69, 9.17) is 5.73 Å². The molecule has 0 atom stereocenters. The summed E-state index contributed by atoms with van der Waals surface area (Å²) in [7, 11) is 0. The fourth-order valence-electron chi connectivity index (χ4n) is 2.22. The van der Waals surface area contributed by atoms with E-state index >= 15 is 0 Å². The maximum atomic E-state index is 12.3. The predicted molar refractivity (Wildman–Crippen MR) is 85.6 cm³/mol. The van der Waals surface area contributed by atoms with Crippen LogP contribution in [0.5, 0.6) is 5.75 Å². The highest BCUT2D eigenvalue weighted by Crippen LogP contribution is 2.17. The van der Waals surface area contributed by atoms with Gasteiger partial charge in [0.15, 0.2) is 0 Å². The molecular weight excluding hydrogens is 316 g/mol. The van der Waals surface area contributed by atoms with Gasteiger partial charge in [0.1, 0.15) is 5.75 Å². The molecule has 2 aromatic rings. The van der Waals surface area contributed by atoms with E-state index in [0.717, 1.165) is 18.4 Å². The summed E-state index contributed by atoms with van der Waals surface area (Å²) in [6.45, 7) is -2.39. The zero-order valence-electron chi connectivity index (χ0n) is 12.9. The molecule has 0 heterocycles. The lowest BCUT2D eigenvalue weighted by atomic mass is 9.98. The number of rotatable bonds is 8. The van der Waals surface area contributed by atoms with Crippen molar-refractivity contribution < 1.29 is 23.1 Å². The Hall–Kier alpha value is -2.60. The van der Waals surface area contributed by atoms with Crippen LogP contribution in [0.15, 0.2) is 48.5 Å². The monoisotopic (exact) mass is 333 g/mol. The lowest BCUT2D eigenvalue weighted by Gasteiger charge is -2.06. The van der Waals surface area contributed by atoms with Crippen LogP contribution in [0.3, 0.4) is 0 Å². The molecule has 0 unspecified atom stereocenters. The summed E-state index contributed by atoms with van der Waals surface area (Å²) in [5.74, 6) is -1.42. The Kier molecular flexibility index (Phi) is 6.14. The smallest absolute Gasteiger partial charge is 0.387 e. The Morgan fingerprint density at radius 1 is 1.00 bits per heavy atom. The van der Waals surface area contributed by atoms with Crippen molar-refractivity contribution >= 4 is 11.6 Å². The first kappa shape index (κ1) is 17.7. The van der Waals surface area contributed by atoms with Gasteiger partial charge in [-0.05, 0) is 55.3 Å². The standard InChI is InChI=1S/C18H17F2NO3/c19-18(20)24-15-8-6-13(7-9-15)16(22)17(23)14-5-1-3-12(11-14)4-2-10-21/h1,3,5-9,11,18H,2,4,10,21H2. The number of halogens is 2. The molecule has 0 spiro atoms. The van der Waals surface area contributed by atoms with E-state index in [9.17, 15) is 18.4 Å². The Labute approximate surface area is 138 Å². The summed E-state index contributed by atoms with van der Waals surface area (Å²) in [6, 6.07) is 11.9. The van der Waals surface area contributed by atoms with Gasteiger partial charge in [-0.2, -0.15) is 8.78 Å². The Balaban J connectivity index is 2.13. The van der Waals surface area contributed by atoms with Gasteiger partial charge in [0, 0.05) is 11.1 Å². The first-order chi connectivity index (χ1) is 11.5. The summed E-state index contributed by atoms with van der Waals surface area (Å²) in [5.41, 5.74) is 6.81. The van der Waals surface area contributed by atoms with Gasteiger partial charge in [-0.1, -0.05) is 18.2 Å². The van der Waals surface area contributed by atoms with Crippen LogP contribution in [0.25, 0.3) is 0 Å². The lowest BCUT2D eigenvalue weighted by Crippen LogP contribution is -2.15. The van der Waals surface area contributed by atoms with Crippen LogP contribution in [0.2, 0.25) is 0 Å². The number of aryl methyl sites for hydroxylation is 1. The molecule has 24 heavy (non-hydrogen) atoms. The molecule has 6 heteroatoms. The van der Waals surface area contributed by atoms with Crippen molar-refractivity contribution in [1.29, 1.82) is 0 Å². The van der Waals surface area contributed by atoms with Crippen LogP contribution in [0.4, 0.5) is 8.78 Å². The third-order valence-electron chi connectivity index (χ3n) is 3.41. The number of nitrogens with two attached hydrogens (primary N) is 1. The molecule has 0 bridgehead atoms. The molecule has 0 radical (unpaired) electrons. The molecule has 0 aliphatic carbocycles. The third-order valence-corrected chi connectivity index (χ3v) is 3.41. The second kappa shape index (κ2) is 8.31. The summed E-state index contributed by atoms with van der Waals surface area (Å²) in [6.07, 6.45) is 1.52. The summed E-state index contributed by atoms with van der Waals surface area (Å²) in [5, 5.41) is 0. The first-order valence-corrected chi connectivity index (χ1v) is 7.44. The van der Waals surface area contributed by atoms with Crippen molar-refractivity contribution in [3.05, 3.63) is 65.2 Å². The number of alkyl halides is 2. The predicted octanol–water partition coefficient (Wildman–Crippen LogP) is 3.24. The molecule has 2 rings (SSSR count). The summed E-state index contributed by atoms with van der Waals surface area (Å²) in [4.78, 5) is 24.6. The maximum absolute atomic E-state index is 12.3. The normalized spacial score (nSPS) is 10.7. The van der Waals surface area contributed by atoms with E-state index < -0.39 is 18.2 Å². The largest absolute Gasteiger partial charge is 0.435 e. The number of benzene rings is 2. The highest BCUT2D eigenvalue weighted by molar-refractivity contribution is 6.49. The van der Waals surface area contributed by atoms with Gasteiger partial charge in [-0.15, -0.1) is 0 Å².